The van der Waals surface area contributed by atoms with E-state index in [4.69, 9.17) is 37.9 Å². The predicted molar refractivity (Wildman–Crippen MR) is 203 cm³/mol. The van der Waals surface area contributed by atoms with Gasteiger partial charge in [0.25, 0.3) is 0 Å². The van der Waals surface area contributed by atoms with Crippen LogP contribution in [-0.2, 0) is 47.5 Å². The van der Waals surface area contributed by atoms with E-state index in [1.54, 1.807) is 14.2 Å². The standard InChI is InChI=1S/C43H71NO10/c1-11-27-14-13-15-36(54-38-17-16-35(44(7)8)25(5)50-38)24(4)39(46)34-21-32-30(33(34)22-37(45)52-27)18-23(3)29-19-28(20-31(29)32)53-43-42(48-10)41(49-12-2)40(47-9)26(6)51-43/h21,23-33,35-36,38,40-43H,11-20,22H2,1-10H3/t23?,24-,25-,26+,27+,28+,29-,30+,31+,32-,33+,35+,36+,38+,40+,41-,42-,43+/m1/s1. The first-order valence-corrected chi connectivity index (χ1v) is 21.3. The van der Waals surface area contributed by atoms with Crippen molar-refractivity contribution >= 4 is 11.8 Å². The molecule has 18 atom stereocenters. The third kappa shape index (κ3) is 8.83. The molecular weight excluding hydrogens is 690 g/mol. The van der Waals surface area contributed by atoms with E-state index in [1.165, 1.54) is 0 Å². The molecule has 11 heteroatoms. The number of likely N-dealkylation sites (N-methyl/N-ethyl adjacent to an activating group) is 1. The summed E-state index contributed by atoms with van der Waals surface area (Å²) >= 11 is 0. The minimum absolute atomic E-state index is 0.0184. The number of hydrogen-bond acceptors (Lipinski definition) is 11. The summed E-state index contributed by atoms with van der Waals surface area (Å²) < 4.78 is 50.4. The molecule has 3 aliphatic carbocycles. The lowest BCUT2D eigenvalue weighted by atomic mass is 9.62. The van der Waals surface area contributed by atoms with Gasteiger partial charge in [0.2, 0.25) is 0 Å². The molecule has 0 aromatic rings. The van der Waals surface area contributed by atoms with Crippen LogP contribution >= 0.6 is 0 Å². The van der Waals surface area contributed by atoms with Gasteiger partial charge in [0.15, 0.2) is 18.4 Å². The summed E-state index contributed by atoms with van der Waals surface area (Å²) in [5.74, 6) is 1.04. The van der Waals surface area contributed by atoms with Gasteiger partial charge in [-0.3, -0.25) is 9.59 Å². The molecule has 5 fully saturated rings. The SMILES string of the molecule is CCO[C@@H]1[C@@H](OC)[C@H](C)O[C@@H](O[C@@H]2C[C@@H]3[C@@H]4C=C5C(=O)[C@H](C)[C@@H](O[C@H]6CC[C@H](N(C)C)[C@@H](C)O6)CCC[C@H](CC)OC(=O)C[C@H]5[C@H]4CC(C)[C@H]3C2)[C@@H]1OC. The highest BCUT2D eigenvalue weighted by Gasteiger charge is 2.55. The summed E-state index contributed by atoms with van der Waals surface area (Å²) in [6.45, 7) is 13.1. The molecule has 0 N–H and O–H groups in total. The van der Waals surface area contributed by atoms with Gasteiger partial charge in [0.05, 0.1) is 30.8 Å². The largest absolute Gasteiger partial charge is 0.462 e. The van der Waals surface area contributed by atoms with Crippen LogP contribution in [0.5, 0.6) is 0 Å². The van der Waals surface area contributed by atoms with Crippen molar-refractivity contribution in [1.29, 1.82) is 0 Å². The Morgan fingerprint density at radius 3 is 2.22 bits per heavy atom. The monoisotopic (exact) mass is 762 g/mol. The summed E-state index contributed by atoms with van der Waals surface area (Å²) in [6.07, 6.45) is 7.64. The maximum absolute atomic E-state index is 14.8. The molecule has 11 nitrogen and oxygen atoms in total. The third-order valence-corrected chi connectivity index (χ3v) is 14.2. The molecule has 54 heavy (non-hydrogen) atoms. The van der Waals surface area contributed by atoms with Crippen molar-refractivity contribution in [3.05, 3.63) is 11.6 Å². The molecule has 0 aromatic carbocycles. The van der Waals surface area contributed by atoms with Crippen molar-refractivity contribution < 1.29 is 47.5 Å². The number of esters is 1. The molecule has 308 valence electrons. The van der Waals surface area contributed by atoms with Crippen LogP contribution in [0.25, 0.3) is 0 Å². The molecule has 1 unspecified atom stereocenters. The lowest BCUT2D eigenvalue weighted by Gasteiger charge is -2.44. The number of methoxy groups -OCH3 is 2. The lowest BCUT2D eigenvalue weighted by Crippen LogP contribution is -2.60. The summed E-state index contributed by atoms with van der Waals surface area (Å²) in [6, 6.07) is 0.343. The summed E-state index contributed by atoms with van der Waals surface area (Å²) in [5, 5.41) is 0. The van der Waals surface area contributed by atoms with Gasteiger partial charge in [-0.2, -0.15) is 0 Å². The Labute approximate surface area is 324 Å². The van der Waals surface area contributed by atoms with Crippen molar-refractivity contribution in [2.75, 3.05) is 34.9 Å². The maximum Gasteiger partial charge on any atom is 0.306 e. The first-order valence-electron chi connectivity index (χ1n) is 21.3. The minimum Gasteiger partial charge on any atom is -0.462 e. The van der Waals surface area contributed by atoms with Crippen LogP contribution in [0.1, 0.15) is 106 Å². The smallest absolute Gasteiger partial charge is 0.306 e. The maximum atomic E-state index is 14.8. The second-order valence-corrected chi connectivity index (χ2v) is 17.6. The number of ether oxygens (including phenoxy) is 8. The number of carbonyl (C=O) groups excluding carboxylic acids is 2. The van der Waals surface area contributed by atoms with Gasteiger partial charge in [-0.15, -0.1) is 0 Å². The lowest BCUT2D eigenvalue weighted by molar-refractivity contribution is -0.317. The normalized spacial score (nSPS) is 46.2. The summed E-state index contributed by atoms with van der Waals surface area (Å²) in [7, 11) is 7.55. The Bertz CT molecular complexity index is 1290. The molecule has 0 bridgehead atoms. The second-order valence-electron chi connectivity index (χ2n) is 17.6. The molecule has 0 radical (unpaired) electrons. The number of rotatable bonds is 10. The van der Waals surface area contributed by atoms with Crippen LogP contribution < -0.4 is 0 Å². The molecule has 0 spiro atoms. The number of hydrogen-bond donors (Lipinski definition) is 0. The second kappa shape index (κ2) is 18.4. The van der Waals surface area contributed by atoms with E-state index in [-0.39, 0.29) is 90.9 Å². The topological polar surface area (TPSA) is 111 Å². The van der Waals surface area contributed by atoms with Crippen molar-refractivity contribution in [1.82, 2.24) is 4.90 Å². The van der Waals surface area contributed by atoms with Crippen LogP contribution in [0.2, 0.25) is 0 Å². The number of carbonyl (C=O) groups is 2. The minimum atomic E-state index is -0.577. The summed E-state index contributed by atoms with van der Waals surface area (Å²) in [4.78, 5) is 30.6. The van der Waals surface area contributed by atoms with Crippen LogP contribution in [-0.4, -0.2) is 119 Å². The predicted octanol–water partition coefficient (Wildman–Crippen LogP) is 6.35. The highest BCUT2D eigenvalue weighted by molar-refractivity contribution is 5.99. The highest BCUT2D eigenvalue weighted by atomic mass is 16.7. The van der Waals surface area contributed by atoms with Crippen LogP contribution in [0.15, 0.2) is 11.6 Å². The van der Waals surface area contributed by atoms with Crippen molar-refractivity contribution in [3.63, 3.8) is 0 Å². The summed E-state index contributed by atoms with van der Waals surface area (Å²) in [5.41, 5.74) is 0.813. The number of fused-ring (bicyclic) bond motifs is 5. The number of Topliss-reactive ketones (excluding diaryl/α,β-unsaturated/α-hetero) is 1. The number of allylic oxidation sites excluding steroid dienone is 2. The Kier molecular flexibility index (Phi) is 14.4. The Balaban J connectivity index is 1.22. The molecule has 3 saturated heterocycles. The van der Waals surface area contributed by atoms with Gasteiger partial charge in [-0.25, -0.2) is 0 Å². The van der Waals surface area contributed by atoms with E-state index in [2.05, 4.69) is 45.8 Å². The number of nitrogens with zero attached hydrogens (tertiary/aromatic N) is 1. The third-order valence-electron chi connectivity index (χ3n) is 14.2. The van der Waals surface area contributed by atoms with Crippen molar-refractivity contribution in [2.24, 2.45) is 41.4 Å². The van der Waals surface area contributed by atoms with E-state index in [0.29, 0.717) is 30.4 Å². The average Bonchev–Trinajstić information content (AvgIpc) is 3.71. The first kappa shape index (κ1) is 42.2. The van der Waals surface area contributed by atoms with Gasteiger partial charge < -0.3 is 42.8 Å². The van der Waals surface area contributed by atoms with Crippen LogP contribution in [0.4, 0.5) is 0 Å². The van der Waals surface area contributed by atoms with E-state index in [0.717, 1.165) is 63.4 Å². The molecule has 0 aromatic heterocycles. The van der Waals surface area contributed by atoms with Gasteiger partial charge >= 0.3 is 5.97 Å². The van der Waals surface area contributed by atoms with Crippen molar-refractivity contribution in [3.8, 4) is 0 Å². The zero-order valence-corrected chi connectivity index (χ0v) is 34.8. The average molecular weight is 762 g/mol. The zero-order chi connectivity index (χ0) is 38.8. The van der Waals surface area contributed by atoms with Gasteiger partial charge in [0.1, 0.15) is 24.4 Å². The molecule has 3 aliphatic heterocycles. The van der Waals surface area contributed by atoms with Crippen molar-refractivity contribution in [2.45, 2.75) is 173 Å². The molecule has 6 rings (SSSR count). The molecule has 6 aliphatic rings. The number of ketones is 1. The Hall–Kier alpha value is -1.44. The fraction of sp³-hybridized carbons (Fsp3) is 0.907. The van der Waals surface area contributed by atoms with E-state index in [9.17, 15) is 9.59 Å². The Morgan fingerprint density at radius 1 is 0.815 bits per heavy atom. The molecule has 2 saturated carbocycles. The van der Waals surface area contributed by atoms with E-state index >= 15 is 0 Å². The fourth-order valence-electron chi connectivity index (χ4n) is 11.4. The Morgan fingerprint density at radius 2 is 1.56 bits per heavy atom. The van der Waals surface area contributed by atoms with Crippen LogP contribution in [0, 0.1) is 41.4 Å². The van der Waals surface area contributed by atoms with Crippen LogP contribution in [0.3, 0.4) is 0 Å². The quantitative estimate of drug-likeness (QED) is 0.233. The molecular formula is C43H71NO10. The number of cyclic esters (lactones) is 1. The zero-order valence-electron chi connectivity index (χ0n) is 34.8. The van der Waals surface area contributed by atoms with E-state index < -0.39 is 12.4 Å². The van der Waals surface area contributed by atoms with E-state index in [1.807, 2.05) is 20.8 Å². The van der Waals surface area contributed by atoms with Gasteiger partial charge in [-0.1, -0.05) is 26.8 Å². The van der Waals surface area contributed by atoms with Gasteiger partial charge in [-0.05, 0) is 128 Å². The molecule has 0 amide bonds. The first-order chi connectivity index (χ1) is 25.9. The highest BCUT2D eigenvalue weighted by Crippen LogP contribution is 2.58. The molecule has 3 heterocycles. The van der Waals surface area contributed by atoms with Gasteiger partial charge in [0, 0.05) is 38.7 Å². The fourth-order valence-corrected chi connectivity index (χ4v) is 11.4.